The minimum Gasteiger partial charge on any atom is -0.215 e. The van der Waals surface area contributed by atoms with Crippen LogP contribution in [0.15, 0.2) is 22.7 Å². The maximum atomic E-state index is 13.2. The second kappa shape index (κ2) is 5.46. The third-order valence-corrected chi connectivity index (χ3v) is 4.05. The number of alkyl halides is 3. The van der Waals surface area contributed by atoms with Gasteiger partial charge in [-0.3, -0.25) is 0 Å². The molecule has 0 aliphatic heterocycles. The van der Waals surface area contributed by atoms with Crippen LogP contribution in [-0.4, -0.2) is 9.97 Å². The summed E-state index contributed by atoms with van der Waals surface area (Å²) in [6.07, 6.45) is -4.68. The fraction of sp³-hybridized carbons (Fsp3) is 0.0909. The van der Waals surface area contributed by atoms with Gasteiger partial charge < -0.3 is 0 Å². The molecule has 2 aromatic rings. The third kappa shape index (κ3) is 3.05. The van der Waals surface area contributed by atoms with Crippen LogP contribution in [0.4, 0.5) is 17.6 Å². The van der Waals surface area contributed by atoms with Crippen molar-refractivity contribution in [3.8, 4) is 11.4 Å². The summed E-state index contributed by atoms with van der Waals surface area (Å²) in [5.41, 5.74) is -1.61. The fourth-order valence-corrected chi connectivity index (χ4v) is 2.03. The number of halogens is 7. The highest BCUT2D eigenvalue weighted by atomic mass is 79.9. The summed E-state index contributed by atoms with van der Waals surface area (Å²) < 4.78 is 52.0. The molecule has 2 nitrogen and oxygen atoms in total. The molecule has 0 fully saturated rings. The number of aromatic nitrogens is 2. The van der Waals surface area contributed by atoms with Gasteiger partial charge in [0.1, 0.15) is 16.1 Å². The second-order valence-electron chi connectivity index (χ2n) is 3.63. The van der Waals surface area contributed by atoms with E-state index < -0.39 is 28.9 Å². The van der Waals surface area contributed by atoms with Crippen LogP contribution in [0, 0.1) is 5.82 Å². The van der Waals surface area contributed by atoms with Crippen molar-refractivity contribution in [3.63, 3.8) is 0 Å². The standard InChI is InChI=1S/C11H3BrCl2F4N2/c12-7-8(13)19-10(20-9(7)14)5-3-4(15)1-2-6(5)11(16,17)18/h1-3H. The first kappa shape index (κ1) is 15.5. The molecule has 0 atom stereocenters. The smallest absolute Gasteiger partial charge is 0.215 e. The molecule has 1 heterocycles. The average Bonchev–Trinajstić information content (AvgIpc) is 2.33. The van der Waals surface area contributed by atoms with Crippen LogP contribution < -0.4 is 0 Å². The molecule has 0 amide bonds. The van der Waals surface area contributed by atoms with E-state index in [1.54, 1.807) is 0 Å². The fourth-order valence-electron chi connectivity index (χ4n) is 1.46. The van der Waals surface area contributed by atoms with Gasteiger partial charge >= 0.3 is 6.18 Å². The van der Waals surface area contributed by atoms with Crippen molar-refractivity contribution in [2.24, 2.45) is 0 Å². The Morgan fingerprint density at radius 3 is 2.10 bits per heavy atom. The van der Waals surface area contributed by atoms with Crippen molar-refractivity contribution < 1.29 is 17.6 Å². The average molecular weight is 390 g/mol. The van der Waals surface area contributed by atoms with Crippen molar-refractivity contribution in [2.75, 3.05) is 0 Å². The van der Waals surface area contributed by atoms with E-state index in [1.165, 1.54) is 0 Å². The van der Waals surface area contributed by atoms with Gasteiger partial charge in [-0.2, -0.15) is 13.2 Å². The summed E-state index contributed by atoms with van der Waals surface area (Å²) in [5.74, 6) is -1.26. The molecule has 106 valence electrons. The molecule has 0 unspecified atom stereocenters. The number of benzene rings is 1. The van der Waals surface area contributed by atoms with E-state index in [-0.39, 0.29) is 14.8 Å². The molecule has 0 radical (unpaired) electrons. The molecular formula is C11H3BrCl2F4N2. The van der Waals surface area contributed by atoms with Crippen molar-refractivity contribution in [1.29, 1.82) is 0 Å². The molecule has 1 aromatic carbocycles. The number of nitrogens with zero attached hydrogens (tertiary/aromatic N) is 2. The Bertz CT molecular complexity index is 653. The lowest BCUT2D eigenvalue weighted by Gasteiger charge is -2.12. The van der Waals surface area contributed by atoms with Gasteiger partial charge in [-0.05, 0) is 34.1 Å². The highest BCUT2D eigenvalue weighted by Crippen LogP contribution is 2.38. The Morgan fingerprint density at radius 2 is 1.60 bits per heavy atom. The van der Waals surface area contributed by atoms with Crippen LogP contribution in [0.2, 0.25) is 10.3 Å². The van der Waals surface area contributed by atoms with Gasteiger partial charge in [0.2, 0.25) is 0 Å². The van der Waals surface area contributed by atoms with E-state index in [1.807, 2.05) is 0 Å². The van der Waals surface area contributed by atoms with Crippen LogP contribution in [-0.2, 0) is 6.18 Å². The lowest BCUT2D eigenvalue weighted by atomic mass is 10.1. The molecule has 0 aliphatic rings. The molecule has 0 saturated carbocycles. The Morgan fingerprint density at radius 1 is 1.05 bits per heavy atom. The first-order chi connectivity index (χ1) is 9.20. The summed E-state index contributed by atoms with van der Waals surface area (Å²) >= 11 is 14.4. The molecule has 0 aliphatic carbocycles. The van der Waals surface area contributed by atoms with Crippen LogP contribution in [0.3, 0.4) is 0 Å². The Hall–Kier alpha value is -0.920. The highest BCUT2D eigenvalue weighted by molar-refractivity contribution is 9.10. The zero-order chi connectivity index (χ0) is 15.1. The van der Waals surface area contributed by atoms with Crippen molar-refractivity contribution in [3.05, 3.63) is 44.4 Å². The normalized spacial score (nSPS) is 11.8. The summed E-state index contributed by atoms with van der Waals surface area (Å²) in [4.78, 5) is 7.35. The number of hydrogen-bond acceptors (Lipinski definition) is 2. The van der Waals surface area contributed by atoms with Gasteiger partial charge in [-0.1, -0.05) is 23.2 Å². The lowest BCUT2D eigenvalue weighted by Crippen LogP contribution is -2.09. The van der Waals surface area contributed by atoms with Crippen LogP contribution in [0.5, 0.6) is 0 Å². The van der Waals surface area contributed by atoms with Gasteiger partial charge in [0.15, 0.2) is 5.82 Å². The van der Waals surface area contributed by atoms with Gasteiger partial charge in [0, 0.05) is 5.56 Å². The van der Waals surface area contributed by atoms with Crippen molar-refractivity contribution in [1.82, 2.24) is 9.97 Å². The monoisotopic (exact) mass is 388 g/mol. The predicted octanol–water partition coefficient (Wildman–Crippen LogP) is 5.37. The largest absolute Gasteiger partial charge is 0.417 e. The predicted molar refractivity (Wildman–Crippen MR) is 70.1 cm³/mol. The Kier molecular flexibility index (Phi) is 4.22. The molecule has 1 aromatic heterocycles. The Balaban J connectivity index is 2.72. The maximum absolute atomic E-state index is 13.2. The number of hydrogen-bond donors (Lipinski definition) is 0. The zero-order valence-electron chi connectivity index (χ0n) is 9.27. The van der Waals surface area contributed by atoms with Gasteiger partial charge in [-0.25, -0.2) is 14.4 Å². The number of rotatable bonds is 1. The van der Waals surface area contributed by atoms with Crippen molar-refractivity contribution in [2.45, 2.75) is 6.18 Å². The molecule has 9 heteroatoms. The molecular weight excluding hydrogens is 387 g/mol. The second-order valence-corrected chi connectivity index (χ2v) is 5.14. The summed E-state index contributed by atoms with van der Waals surface area (Å²) in [6.45, 7) is 0. The zero-order valence-corrected chi connectivity index (χ0v) is 12.4. The van der Waals surface area contributed by atoms with Gasteiger partial charge in [0.25, 0.3) is 0 Å². The van der Waals surface area contributed by atoms with Crippen LogP contribution >= 0.6 is 39.1 Å². The van der Waals surface area contributed by atoms with Crippen LogP contribution in [0.25, 0.3) is 11.4 Å². The highest BCUT2D eigenvalue weighted by Gasteiger charge is 2.34. The molecule has 20 heavy (non-hydrogen) atoms. The topological polar surface area (TPSA) is 25.8 Å². The maximum Gasteiger partial charge on any atom is 0.417 e. The lowest BCUT2D eigenvalue weighted by molar-refractivity contribution is -0.137. The molecule has 0 spiro atoms. The van der Waals surface area contributed by atoms with Crippen molar-refractivity contribution >= 4 is 39.1 Å². The third-order valence-electron chi connectivity index (χ3n) is 2.30. The first-order valence-electron chi connectivity index (χ1n) is 4.96. The SMILES string of the molecule is Fc1ccc(C(F)(F)F)c(-c2nc(Cl)c(Br)c(Cl)n2)c1. The van der Waals surface area contributed by atoms with Gasteiger partial charge in [-0.15, -0.1) is 0 Å². The van der Waals surface area contributed by atoms with E-state index in [0.717, 1.165) is 0 Å². The summed E-state index contributed by atoms with van der Waals surface area (Å²) in [7, 11) is 0. The summed E-state index contributed by atoms with van der Waals surface area (Å²) in [6, 6.07) is 1.99. The minimum atomic E-state index is -4.68. The summed E-state index contributed by atoms with van der Waals surface area (Å²) in [5, 5.41) is -0.338. The molecule has 0 N–H and O–H groups in total. The van der Waals surface area contributed by atoms with Crippen LogP contribution in [0.1, 0.15) is 5.56 Å². The van der Waals surface area contributed by atoms with E-state index in [9.17, 15) is 17.6 Å². The molecule has 0 bridgehead atoms. The molecule has 0 saturated heterocycles. The Labute approximate surface area is 128 Å². The van der Waals surface area contributed by atoms with Gasteiger partial charge in [0.05, 0.1) is 10.0 Å². The van der Waals surface area contributed by atoms with E-state index in [2.05, 4.69) is 25.9 Å². The van der Waals surface area contributed by atoms with E-state index >= 15 is 0 Å². The first-order valence-corrected chi connectivity index (χ1v) is 6.50. The van der Waals surface area contributed by atoms with E-state index in [0.29, 0.717) is 18.2 Å². The molecule has 2 rings (SSSR count). The minimum absolute atomic E-state index is 0.148. The quantitative estimate of drug-likeness (QED) is 0.484. The van der Waals surface area contributed by atoms with E-state index in [4.69, 9.17) is 23.2 Å².